The standard InChI is InChI=1S/4C14H13NO2.3C4H10O.CH4O.4Ni/c4*1-10-6-7-14(17)12(8-10)15-9-11-4-2-3-5-13(11)16;3*1-2-3-4-5;1-2;;;;/h4*2-9,16-17H,1H3;3*5H,2-4H2,1H3;2H,1H3;;;;/q;;;;;;;;4*+2/p-8. The molecule has 0 atom stereocenters. The smallest absolute Gasteiger partial charge is 0.872 e. The van der Waals surface area contributed by atoms with Gasteiger partial charge in [-0.25, -0.2) is 0 Å². The Kier molecular flexibility index (Phi) is 53.1. The first-order valence-electron chi connectivity index (χ1n) is 27.5. The van der Waals surface area contributed by atoms with Gasteiger partial charge in [0, 0.05) is 51.8 Å². The van der Waals surface area contributed by atoms with Crippen molar-refractivity contribution in [3.8, 4) is 46.0 Å². The molecule has 89 heavy (non-hydrogen) atoms. The number of aryl methyl sites for hydroxylation is 4. The molecule has 0 aromatic heterocycles. The second-order valence-electron chi connectivity index (χ2n) is 18.3. The Morgan fingerprint density at radius 2 is 0.472 bits per heavy atom. The predicted octanol–water partition coefficient (Wildman–Crippen LogP) is 9.51. The summed E-state index contributed by atoms with van der Waals surface area (Å²) >= 11 is 0. The molecule has 0 unspecified atom stereocenters. The number of aliphatic imine (C=N–C) groups is 4. The molecule has 0 saturated carbocycles. The van der Waals surface area contributed by atoms with E-state index in [1.165, 1.54) is 73.4 Å². The van der Waals surface area contributed by atoms with Crippen molar-refractivity contribution in [2.24, 2.45) is 20.0 Å². The number of aliphatic hydroxyl groups is 4. The summed E-state index contributed by atoms with van der Waals surface area (Å²) in [5.41, 5.74) is 7.20. The molecular weight excluding hydrogens is 1310 g/mol. The molecule has 8 aromatic carbocycles. The van der Waals surface area contributed by atoms with Crippen LogP contribution < -0.4 is 40.9 Å². The Bertz CT molecular complexity index is 2840. The van der Waals surface area contributed by atoms with Crippen molar-refractivity contribution in [1.29, 1.82) is 0 Å². The molecular formula is C69H78N4Ni4O12. The third kappa shape index (κ3) is 38.0. The van der Waals surface area contributed by atoms with E-state index in [0.29, 0.717) is 64.8 Å². The van der Waals surface area contributed by atoms with Gasteiger partial charge in [-0.3, -0.25) is 20.0 Å². The minimum Gasteiger partial charge on any atom is -0.872 e. The fraction of sp³-hybridized carbons (Fsp3) is 0.246. The van der Waals surface area contributed by atoms with Gasteiger partial charge in [0.2, 0.25) is 0 Å². The summed E-state index contributed by atoms with van der Waals surface area (Å²) in [4.78, 5) is 16.2. The van der Waals surface area contributed by atoms with E-state index in [0.717, 1.165) is 67.9 Å². The second kappa shape index (κ2) is 53.7. The van der Waals surface area contributed by atoms with Crippen LogP contribution in [0, 0.1) is 27.7 Å². The molecule has 0 aliphatic rings. The van der Waals surface area contributed by atoms with Crippen LogP contribution >= 0.6 is 0 Å². The quantitative estimate of drug-likeness (QED) is 0.0584. The molecule has 8 rings (SSSR count). The first-order valence-corrected chi connectivity index (χ1v) is 27.5. The van der Waals surface area contributed by atoms with Gasteiger partial charge in [0.05, 0.1) is 22.7 Å². The van der Waals surface area contributed by atoms with E-state index in [1.54, 1.807) is 121 Å². The normalized spacial score (nSPS) is 9.80. The molecule has 8 aromatic rings. The van der Waals surface area contributed by atoms with Crippen molar-refractivity contribution in [1.82, 2.24) is 0 Å². The Hall–Kier alpha value is -7.35. The predicted molar refractivity (Wildman–Crippen MR) is 329 cm³/mol. The summed E-state index contributed by atoms with van der Waals surface area (Å²) in [6, 6.07) is 46.0. The van der Waals surface area contributed by atoms with Crippen molar-refractivity contribution >= 4 is 47.6 Å². The molecule has 0 aliphatic heterocycles. The Morgan fingerprint density at radius 3 is 0.618 bits per heavy atom. The molecule has 0 bridgehead atoms. The summed E-state index contributed by atoms with van der Waals surface area (Å²) < 4.78 is 0. The fourth-order valence-electron chi connectivity index (χ4n) is 6.29. The van der Waals surface area contributed by atoms with Gasteiger partial charge >= 0.3 is 66.0 Å². The minimum absolute atomic E-state index is 0. The zero-order chi connectivity index (χ0) is 63.4. The zero-order valence-corrected chi connectivity index (χ0v) is 54.9. The first kappa shape index (κ1) is 88.1. The topological polar surface area (TPSA) is 315 Å². The van der Waals surface area contributed by atoms with Gasteiger partial charge in [-0.05, 0) is 116 Å². The first-order chi connectivity index (χ1) is 40.9. The summed E-state index contributed by atoms with van der Waals surface area (Å²) in [6.45, 7) is 14.7. The van der Waals surface area contributed by atoms with Gasteiger partial charge in [0.25, 0.3) is 0 Å². The van der Waals surface area contributed by atoms with E-state index in [4.69, 9.17) is 20.4 Å². The third-order valence-corrected chi connectivity index (χ3v) is 11.0. The van der Waals surface area contributed by atoms with E-state index < -0.39 is 0 Å². The van der Waals surface area contributed by atoms with Gasteiger partial charge in [-0.1, -0.05) is 209 Å². The number of aliphatic hydroxyl groups excluding tert-OH is 4. The van der Waals surface area contributed by atoms with Crippen molar-refractivity contribution in [2.75, 3.05) is 26.9 Å². The molecule has 0 heterocycles. The number of hydrogen-bond acceptors (Lipinski definition) is 16. The molecule has 0 amide bonds. The second-order valence-corrected chi connectivity index (χ2v) is 18.3. The van der Waals surface area contributed by atoms with E-state index in [9.17, 15) is 40.9 Å². The molecule has 0 aliphatic carbocycles. The number of para-hydroxylation sites is 4. The summed E-state index contributed by atoms with van der Waals surface area (Å²) in [6.07, 6.45) is 11.8. The average molecular weight is 1390 g/mol. The monoisotopic (exact) mass is 1390 g/mol. The SMILES string of the molecule is CCCCO.CCCCO.CCCCO.CO.Cc1ccc([O-])c(N=Cc2ccccc2[O-])c1.Cc1ccc([O-])c(N=Cc2ccccc2[O-])c1.Cc1ccc([O-])c(N=Cc2ccccc2[O-])c1.Cc1ccc([O-])c(N=Cc2ccccc2[O-])c1.[Ni+2].[Ni+2].[Ni+2].[Ni+2]. The van der Waals surface area contributed by atoms with Crippen molar-refractivity contribution in [3.63, 3.8) is 0 Å². The average Bonchev–Trinajstić information content (AvgIpc) is 3.63. The zero-order valence-electron chi connectivity index (χ0n) is 50.9. The van der Waals surface area contributed by atoms with Gasteiger partial charge in [-0.2, -0.15) is 0 Å². The summed E-state index contributed by atoms with van der Waals surface area (Å²) in [5.74, 6) is -0.976. The van der Waals surface area contributed by atoms with Crippen LogP contribution in [0.4, 0.5) is 22.7 Å². The number of hydrogen-bond donors (Lipinski definition) is 4. The number of unbranched alkanes of at least 4 members (excludes halogenated alkanes) is 3. The Balaban J connectivity index is -0.000000491. The summed E-state index contributed by atoms with van der Waals surface area (Å²) in [7, 11) is 1.00. The van der Waals surface area contributed by atoms with E-state index in [2.05, 4.69) is 40.7 Å². The molecule has 0 saturated heterocycles. The molecule has 4 N–H and O–H groups in total. The molecule has 16 nitrogen and oxygen atoms in total. The molecule has 486 valence electrons. The van der Waals surface area contributed by atoms with Crippen LogP contribution in [0.15, 0.2) is 190 Å². The fourth-order valence-corrected chi connectivity index (χ4v) is 6.29. The Labute approximate surface area is 565 Å². The van der Waals surface area contributed by atoms with Gasteiger partial charge in [0.15, 0.2) is 0 Å². The Morgan fingerprint density at radius 1 is 0.292 bits per heavy atom. The van der Waals surface area contributed by atoms with Gasteiger partial charge < -0.3 is 61.3 Å². The minimum atomic E-state index is -0.143. The molecule has 20 heteroatoms. The van der Waals surface area contributed by atoms with Crippen LogP contribution in [0.3, 0.4) is 0 Å². The van der Waals surface area contributed by atoms with E-state index in [1.807, 2.05) is 27.7 Å². The number of benzene rings is 8. The maximum Gasteiger partial charge on any atom is 2.00 e. The molecule has 0 radical (unpaired) electrons. The van der Waals surface area contributed by atoms with Crippen LogP contribution in [-0.4, -0.2) is 72.2 Å². The van der Waals surface area contributed by atoms with Crippen LogP contribution in [0.1, 0.15) is 104 Å². The molecule has 0 fully saturated rings. The van der Waals surface area contributed by atoms with Crippen molar-refractivity contribution in [2.45, 2.75) is 87.0 Å². The maximum absolute atomic E-state index is 11.5. The molecule has 0 spiro atoms. The summed E-state index contributed by atoms with van der Waals surface area (Å²) in [5, 5.41) is 123. The number of nitrogens with zero attached hydrogens (tertiary/aromatic N) is 4. The van der Waals surface area contributed by atoms with Gasteiger partial charge in [0.1, 0.15) is 0 Å². The van der Waals surface area contributed by atoms with E-state index in [-0.39, 0.29) is 112 Å². The third-order valence-electron chi connectivity index (χ3n) is 11.0. The van der Waals surface area contributed by atoms with E-state index >= 15 is 0 Å². The van der Waals surface area contributed by atoms with Crippen LogP contribution in [0.2, 0.25) is 0 Å². The van der Waals surface area contributed by atoms with Crippen LogP contribution in [0.5, 0.6) is 46.0 Å². The van der Waals surface area contributed by atoms with Crippen molar-refractivity contribution in [3.05, 3.63) is 214 Å². The number of rotatable bonds is 14. The van der Waals surface area contributed by atoms with Crippen molar-refractivity contribution < 1.29 is 127 Å². The van der Waals surface area contributed by atoms with Crippen LogP contribution in [0.25, 0.3) is 0 Å². The van der Waals surface area contributed by atoms with Crippen LogP contribution in [-0.2, 0) is 66.0 Å². The largest absolute Gasteiger partial charge is 2.00 e. The van der Waals surface area contributed by atoms with Gasteiger partial charge in [-0.15, -0.1) is 23.0 Å². The maximum atomic E-state index is 11.5.